The van der Waals surface area contributed by atoms with Crippen molar-refractivity contribution in [2.24, 2.45) is 0 Å². The average molecular weight is 339 g/mol. The SMILES string of the molecule is Nc1ccc2nc(S(=O)(=O)Cc3ccccc3Cl)sc2c1. The Kier molecular flexibility index (Phi) is 3.61. The molecule has 0 saturated carbocycles. The number of benzene rings is 2. The first kappa shape index (κ1) is 14.3. The van der Waals surface area contributed by atoms with Crippen molar-refractivity contribution in [3.05, 3.63) is 53.1 Å². The van der Waals surface area contributed by atoms with Gasteiger partial charge in [0.2, 0.25) is 14.2 Å². The highest BCUT2D eigenvalue weighted by molar-refractivity contribution is 7.92. The summed E-state index contributed by atoms with van der Waals surface area (Å²) >= 11 is 7.14. The molecule has 0 bridgehead atoms. The summed E-state index contributed by atoms with van der Waals surface area (Å²) in [6.45, 7) is 0. The third kappa shape index (κ3) is 2.88. The normalized spacial score (nSPS) is 11.9. The average Bonchev–Trinajstić information content (AvgIpc) is 2.85. The zero-order valence-corrected chi connectivity index (χ0v) is 13.2. The summed E-state index contributed by atoms with van der Waals surface area (Å²) in [5, 5.41) is 0.437. The molecule has 0 fully saturated rings. The lowest BCUT2D eigenvalue weighted by Crippen LogP contribution is -2.04. The first-order valence-corrected chi connectivity index (χ1v) is 8.92. The highest BCUT2D eigenvalue weighted by Crippen LogP contribution is 2.30. The van der Waals surface area contributed by atoms with E-state index < -0.39 is 9.84 Å². The Labute approximate surface area is 131 Å². The summed E-state index contributed by atoms with van der Waals surface area (Å²) in [5.41, 5.74) is 7.48. The van der Waals surface area contributed by atoms with E-state index in [0.29, 0.717) is 21.8 Å². The standard InChI is InChI=1S/C14H11ClN2O2S2/c15-11-4-2-1-3-9(11)8-21(18,19)14-17-12-6-5-10(16)7-13(12)20-14/h1-7H,8,16H2. The Balaban J connectivity index is 2.02. The molecule has 21 heavy (non-hydrogen) atoms. The van der Waals surface area contributed by atoms with Crippen molar-refractivity contribution in [2.45, 2.75) is 10.1 Å². The van der Waals surface area contributed by atoms with Crippen LogP contribution in [-0.2, 0) is 15.6 Å². The molecule has 0 unspecified atom stereocenters. The molecule has 3 aromatic rings. The van der Waals surface area contributed by atoms with Crippen LogP contribution in [0, 0.1) is 0 Å². The number of thiazole rings is 1. The minimum atomic E-state index is -3.53. The van der Waals surface area contributed by atoms with Gasteiger partial charge in [-0.15, -0.1) is 11.3 Å². The number of sulfone groups is 1. The van der Waals surface area contributed by atoms with E-state index in [9.17, 15) is 8.42 Å². The predicted octanol–water partition coefficient (Wildman–Crippen LogP) is 3.51. The Morgan fingerprint density at radius 1 is 1.19 bits per heavy atom. The molecular formula is C14H11ClN2O2S2. The van der Waals surface area contributed by atoms with Gasteiger partial charge in [-0.3, -0.25) is 0 Å². The Morgan fingerprint density at radius 3 is 2.71 bits per heavy atom. The number of aromatic nitrogens is 1. The van der Waals surface area contributed by atoms with Gasteiger partial charge in [-0.2, -0.15) is 0 Å². The molecule has 7 heteroatoms. The van der Waals surface area contributed by atoms with Crippen LogP contribution in [0.3, 0.4) is 0 Å². The van der Waals surface area contributed by atoms with E-state index >= 15 is 0 Å². The third-order valence-electron chi connectivity index (χ3n) is 2.96. The lowest BCUT2D eigenvalue weighted by molar-refractivity contribution is 0.594. The van der Waals surface area contributed by atoms with Gasteiger partial charge >= 0.3 is 0 Å². The van der Waals surface area contributed by atoms with Crippen molar-refractivity contribution in [2.75, 3.05) is 5.73 Å². The number of nitrogens with zero attached hydrogens (tertiary/aromatic N) is 1. The van der Waals surface area contributed by atoms with Gasteiger partial charge in [0.1, 0.15) is 0 Å². The molecule has 0 aliphatic heterocycles. The first-order valence-electron chi connectivity index (χ1n) is 6.08. The van der Waals surface area contributed by atoms with Crippen molar-refractivity contribution >= 4 is 48.7 Å². The van der Waals surface area contributed by atoms with Gasteiger partial charge in [-0.25, -0.2) is 13.4 Å². The highest BCUT2D eigenvalue weighted by atomic mass is 35.5. The number of hydrogen-bond acceptors (Lipinski definition) is 5. The number of halogens is 1. The van der Waals surface area contributed by atoms with Crippen molar-refractivity contribution < 1.29 is 8.42 Å². The van der Waals surface area contributed by atoms with Crippen molar-refractivity contribution in [1.29, 1.82) is 0 Å². The fourth-order valence-corrected chi connectivity index (χ4v) is 4.94. The number of rotatable bonds is 3. The fraction of sp³-hybridized carbons (Fsp3) is 0.0714. The van der Waals surface area contributed by atoms with Crippen LogP contribution in [0.4, 0.5) is 5.69 Å². The number of fused-ring (bicyclic) bond motifs is 1. The van der Waals surface area contributed by atoms with E-state index in [0.717, 1.165) is 16.0 Å². The lowest BCUT2D eigenvalue weighted by Gasteiger charge is -2.03. The maximum Gasteiger partial charge on any atom is 0.210 e. The molecular weight excluding hydrogens is 328 g/mol. The van der Waals surface area contributed by atoms with Gasteiger partial charge in [0.05, 0.1) is 16.0 Å². The number of anilines is 1. The number of hydrogen-bond donors (Lipinski definition) is 1. The molecule has 108 valence electrons. The second-order valence-corrected chi connectivity index (χ2v) is 8.16. The van der Waals surface area contributed by atoms with Crippen LogP contribution in [-0.4, -0.2) is 13.4 Å². The summed E-state index contributed by atoms with van der Waals surface area (Å²) < 4.78 is 25.8. The summed E-state index contributed by atoms with van der Waals surface area (Å²) in [5.74, 6) is -0.165. The summed E-state index contributed by atoms with van der Waals surface area (Å²) in [4.78, 5) is 4.18. The van der Waals surface area contributed by atoms with Crippen LogP contribution >= 0.6 is 22.9 Å². The van der Waals surface area contributed by atoms with E-state index in [4.69, 9.17) is 17.3 Å². The molecule has 0 atom stereocenters. The summed E-state index contributed by atoms with van der Waals surface area (Å²) in [6, 6.07) is 12.0. The Bertz CT molecular complexity index is 920. The van der Waals surface area contributed by atoms with Crippen molar-refractivity contribution in [3.63, 3.8) is 0 Å². The molecule has 4 nitrogen and oxygen atoms in total. The third-order valence-corrected chi connectivity index (χ3v) is 6.47. The largest absolute Gasteiger partial charge is 0.399 e. The topological polar surface area (TPSA) is 73.0 Å². The number of nitrogens with two attached hydrogens (primary N) is 1. The van der Waals surface area contributed by atoms with E-state index in [2.05, 4.69) is 4.98 Å². The van der Waals surface area contributed by atoms with Crippen molar-refractivity contribution in [3.8, 4) is 0 Å². The molecule has 2 N–H and O–H groups in total. The van der Waals surface area contributed by atoms with E-state index in [1.807, 2.05) is 0 Å². The molecule has 0 spiro atoms. The maximum absolute atomic E-state index is 12.5. The zero-order valence-electron chi connectivity index (χ0n) is 10.8. The fourth-order valence-electron chi connectivity index (χ4n) is 1.93. The van der Waals surface area contributed by atoms with Crippen LogP contribution in [0.2, 0.25) is 5.02 Å². The maximum atomic E-state index is 12.5. The molecule has 0 saturated heterocycles. The van der Waals surface area contributed by atoms with Crippen LogP contribution < -0.4 is 5.73 Å². The van der Waals surface area contributed by atoms with Gasteiger partial charge in [0, 0.05) is 10.7 Å². The van der Waals surface area contributed by atoms with Crippen LogP contribution in [0.1, 0.15) is 5.56 Å². The minimum Gasteiger partial charge on any atom is -0.399 e. The molecule has 1 aromatic heterocycles. The minimum absolute atomic E-state index is 0.0861. The molecule has 1 heterocycles. The lowest BCUT2D eigenvalue weighted by atomic mass is 10.2. The summed E-state index contributed by atoms with van der Waals surface area (Å²) in [6.07, 6.45) is 0. The second-order valence-electron chi connectivity index (χ2n) is 4.56. The quantitative estimate of drug-likeness (QED) is 0.742. The molecule has 0 aliphatic rings. The predicted molar refractivity (Wildman–Crippen MR) is 86.4 cm³/mol. The van der Waals surface area contributed by atoms with Gasteiger partial charge in [0.25, 0.3) is 0 Å². The van der Waals surface area contributed by atoms with Gasteiger partial charge in [-0.05, 0) is 29.8 Å². The van der Waals surface area contributed by atoms with Crippen molar-refractivity contribution in [1.82, 2.24) is 4.98 Å². The monoisotopic (exact) mass is 338 g/mol. The van der Waals surface area contributed by atoms with Crippen LogP contribution in [0.15, 0.2) is 46.8 Å². The highest BCUT2D eigenvalue weighted by Gasteiger charge is 2.21. The zero-order chi connectivity index (χ0) is 15.0. The summed E-state index contributed by atoms with van der Waals surface area (Å²) in [7, 11) is -3.53. The molecule has 2 aromatic carbocycles. The Hall–Kier alpha value is -1.63. The van der Waals surface area contributed by atoms with Crippen LogP contribution in [0.5, 0.6) is 0 Å². The van der Waals surface area contributed by atoms with Gasteiger partial charge in [0.15, 0.2) is 0 Å². The first-order chi connectivity index (χ1) is 9.95. The molecule has 0 radical (unpaired) electrons. The van der Waals surface area contributed by atoms with Gasteiger partial charge < -0.3 is 5.73 Å². The molecule has 0 aliphatic carbocycles. The van der Waals surface area contributed by atoms with E-state index in [-0.39, 0.29) is 10.1 Å². The Morgan fingerprint density at radius 2 is 1.95 bits per heavy atom. The number of nitrogen functional groups attached to an aromatic ring is 1. The molecule has 0 amide bonds. The van der Waals surface area contributed by atoms with Gasteiger partial charge in [-0.1, -0.05) is 29.8 Å². The van der Waals surface area contributed by atoms with E-state index in [1.54, 1.807) is 42.5 Å². The molecule has 3 rings (SSSR count). The van der Waals surface area contributed by atoms with Crippen LogP contribution in [0.25, 0.3) is 10.2 Å². The smallest absolute Gasteiger partial charge is 0.210 e. The second kappa shape index (κ2) is 5.29. The van der Waals surface area contributed by atoms with E-state index in [1.165, 1.54) is 0 Å².